The summed E-state index contributed by atoms with van der Waals surface area (Å²) < 4.78 is 0. The monoisotopic (exact) mass is 121 g/mol. The molecule has 9 heavy (non-hydrogen) atoms. The molecule has 0 atom stereocenters. The van der Waals surface area contributed by atoms with Crippen LogP contribution in [0, 0.1) is 0 Å². The maximum atomic E-state index is 9.70. The molecule has 0 aromatic carbocycles. The predicted molar refractivity (Wildman–Crippen MR) is 33.6 cm³/mol. The third-order valence-electron chi connectivity index (χ3n) is 0.844. The van der Waals surface area contributed by atoms with Crippen molar-refractivity contribution in [3.8, 4) is 0 Å². The lowest BCUT2D eigenvalue weighted by Gasteiger charge is -1.90. The predicted octanol–water partition coefficient (Wildman–Crippen LogP) is 0.561. The fourth-order valence-corrected chi connectivity index (χ4v) is 0.489. The van der Waals surface area contributed by atoms with Crippen molar-refractivity contribution in [3.05, 3.63) is 24.4 Å². The second-order valence-electron chi connectivity index (χ2n) is 1.44. The average molecular weight is 121 g/mol. The van der Waals surface area contributed by atoms with Crippen LogP contribution in [0.2, 0.25) is 0 Å². The van der Waals surface area contributed by atoms with Crippen LogP contribution in [0.1, 0.15) is 0 Å². The van der Waals surface area contributed by atoms with E-state index < -0.39 is 0 Å². The fraction of sp³-hybridized carbons (Fsp3) is 0. The summed E-state index contributed by atoms with van der Waals surface area (Å²) in [5.74, 6) is 0.521. The van der Waals surface area contributed by atoms with E-state index in [1.54, 1.807) is 24.4 Å². The van der Waals surface area contributed by atoms with Gasteiger partial charge in [-0.25, -0.2) is 4.98 Å². The Hall–Kier alpha value is -1.38. The Morgan fingerprint density at radius 1 is 1.56 bits per heavy atom. The summed E-state index contributed by atoms with van der Waals surface area (Å²) in [4.78, 5) is 13.5. The molecule has 45 valence electrons. The zero-order chi connectivity index (χ0) is 6.53. The Labute approximate surface area is 52.7 Å². The van der Waals surface area contributed by atoms with Crippen molar-refractivity contribution in [2.24, 2.45) is 0 Å². The highest BCUT2D eigenvalue weighted by Crippen LogP contribution is 1.95. The molecule has 1 amide bonds. The minimum absolute atomic E-state index is 0.521. The first-order chi connectivity index (χ1) is 4.43. The Kier molecular flexibility index (Phi) is 1.80. The zero-order valence-corrected chi connectivity index (χ0v) is 4.66. The number of aromatic nitrogens is 1. The summed E-state index contributed by atoms with van der Waals surface area (Å²) in [5.41, 5.74) is 0. The van der Waals surface area contributed by atoms with Crippen LogP contribution in [0.3, 0.4) is 0 Å². The van der Waals surface area contributed by atoms with Gasteiger partial charge < -0.3 is 5.32 Å². The molecule has 0 bridgehead atoms. The van der Waals surface area contributed by atoms with Gasteiger partial charge in [-0.05, 0) is 12.1 Å². The molecule has 1 N–H and O–H groups in total. The van der Waals surface area contributed by atoms with Gasteiger partial charge >= 0.3 is 6.41 Å². The molecule has 0 aliphatic carbocycles. The van der Waals surface area contributed by atoms with E-state index in [4.69, 9.17) is 0 Å². The van der Waals surface area contributed by atoms with E-state index in [0.717, 1.165) is 0 Å². The smallest absolute Gasteiger partial charge is 0.302 e. The number of anilines is 1. The summed E-state index contributed by atoms with van der Waals surface area (Å²) in [7, 11) is 0. The molecule has 0 spiro atoms. The highest BCUT2D eigenvalue weighted by molar-refractivity contribution is 5.68. The molecule has 0 unspecified atom stereocenters. The quantitative estimate of drug-likeness (QED) is 0.581. The van der Waals surface area contributed by atoms with E-state index in [1.165, 1.54) is 6.41 Å². The summed E-state index contributed by atoms with van der Waals surface area (Å²) >= 11 is 0. The molecule has 0 aliphatic heterocycles. The van der Waals surface area contributed by atoms with Crippen molar-refractivity contribution >= 4 is 12.2 Å². The SMILES string of the molecule is O=[C]Nc1ccccn1. The average Bonchev–Trinajstić information content (AvgIpc) is 1.91. The van der Waals surface area contributed by atoms with Crippen LogP contribution in [0.15, 0.2) is 24.4 Å². The second-order valence-corrected chi connectivity index (χ2v) is 1.44. The van der Waals surface area contributed by atoms with Crippen LogP contribution >= 0.6 is 0 Å². The van der Waals surface area contributed by atoms with Gasteiger partial charge in [0, 0.05) is 6.20 Å². The third kappa shape index (κ3) is 1.53. The number of hydrogen-bond donors (Lipinski definition) is 1. The lowest BCUT2D eigenvalue weighted by Crippen LogP contribution is -1.94. The minimum atomic E-state index is 0.521. The fourth-order valence-electron chi connectivity index (χ4n) is 0.489. The Morgan fingerprint density at radius 3 is 3.00 bits per heavy atom. The van der Waals surface area contributed by atoms with Gasteiger partial charge in [-0.15, -0.1) is 0 Å². The van der Waals surface area contributed by atoms with E-state index in [0.29, 0.717) is 5.82 Å². The van der Waals surface area contributed by atoms with Crippen LogP contribution < -0.4 is 5.32 Å². The normalized spacial score (nSPS) is 8.44. The molecule has 3 heteroatoms. The molecule has 1 radical (unpaired) electrons. The molecule has 1 aromatic rings. The molecule has 0 fully saturated rings. The van der Waals surface area contributed by atoms with Gasteiger partial charge in [0.25, 0.3) is 0 Å². The van der Waals surface area contributed by atoms with Crippen molar-refractivity contribution in [1.29, 1.82) is 0 Å². The minimum Gasteiger partial charge on any atom is -0.302 e. The maximum Gasteiger partial charge on any atom is 0.315 e. The van der Waals surface area contributed by atoms with Crippen molar-refractivity contribution < 1.29 is 4.79 Å². The molecule has 0 aliphatic rings. The van der Waals surface area contributed by atoms with E-state index in [9.17, 15) is 4.79 Å². The molecule has 1 heterocycles. The lowest BCUT2D eigenvalue weighted by atomic mass is 10.5. The topological polar surface area (TPSA) is 42.0 Å². The maximum absolute atomic E-state index is 9.70. The molecular formula is C6H5N2O. The first kappa shape index (κ1) is 5.75. The Morgan fingerprint density at radius 2 is 2.44 bits per heavy atom. The summed E-state index contributed by atoms with van der Waals surface area (Å²) in [5, 5.41) is 2.29. The molecule has 0 saturated carbocycles. The summed E-state index contributed by atoms with van der Waals surface area (Å²) in [6.45, 7) is 0. The largest absolute Gasteiger partial charge is 0.315 e. The van der Waals surface area contributed by atoms with Gasteiger partial charge in [0.15, 0.2) is 0 Å². The van der Waals surface area contributed by atoms with Gasteiger partial charge in [-0.3, -0.25) is 4.79 Å². The van der Waals surface area contributed by atoms with Crippen LogP contribution in [-0.4, -0.2) is 11.4 Å². The van der Waals surface area contributed by atoms with Gasteiger partial charge in [-0.1, -0.05) is 6.07 Å². The second kappa shape index (κ2) is 2.81. The van der Waals surface area contributed by atoms with Crippen molar-refractivity contribution in [2.45, 2.75) is 0 Å². The van der Waals surface area contributed by atoms with Gasteiger partial charge in [0.05, 0.1) is 0 Å². The van der Waals surface area contributed by atoms with Crippen molar-refractivity contribution in [1.82, 2.24) is 4.98 Å². The zero-order valence-electron chi connectivity index (χ0n) is 4.66. The Balaban J connectivity index is 2.72. The number of rotatable bonds is 2. The van der Waals surface area contributed by atoms with E-state index in [-0.39, 0.29) is 0 Å². The van der Waals surface area contributed by atoms with E-state index in [1.807, 2.05) is 0 Å². The number of carbonyl (C=O) groups excluding carboxylic acids is 1. The highest BCUT2D eigenvalue weighted by Gasteiger charge is 1.84. The first-order valence-corrected chi connectivity index (χ1v) is 2.47. The molecule has 1 rings (SSSR count). The third-order valence-corrected chi connectivity index (χ3v) is 0.844. The van der Waals surface area contributed by atoms with Gasteiger partial charge in [0.1, 0.15) is 5.82 Å². The number of nitrogens with zero attached hydrogens (tertiary/aromatic N) is 1. The summed E-state index contributed by atoms with van der Waals surface area (Å²) in [6.07, 6.45) is 3.12. The van der Waals surface area contributed by atoms with Crippen LogP contribution in [0.4, 0.5) is 5.82 Å². The van der Waals surface area contributed by atoms with E-state index >= 15 is 0 Å². The molecular weight excluding hydrogens is 116 g/mol. The Bertz CT molecular complexity index is 186. The van der Waals surface area contributed by atoms with Crippen LogP contribution in [0.25, 0.3) is 0 Å². The highest BCUT2D eigenvalue weighted by atomic mass is 16.1. The first-order valence-electron chi connectivity index (χ1n) is 2.47. The van der Waals surface area contributed by atoms with Gasteiger partial charge in [-0.2, -0.15) is 0 Å². The number of amides is 1. The number of hydrogen-bond acceptors (Lipinski definition) is 2. The lowest BCUT2D eigenvalue weighted by molar-refractivity contribution is 0.561. The number of nitrogens with one attached hydrogen (secondary N) is 1. The molecule has 0 saturated heterocycles. The van der Waals surface area contributed by atoms with Crippen molar-refractivity contribution in [3.63, 3.8) is 0 Å². The van der Waals surface area contributed by atoms with E-state index in [2.05, 4.69) is 10.3 Å². The molecule has 1 aromatic heterocycles. The standard InChI is InChI=1S/C6H5N2O/c9-5-8-6-3-1-2-4-7-6/h1-4H,(H,7,8,9). The van der Waals surface area contributed by atoms with Crippen LogP contribution in [-0.2, 0) is 4.79 Å². The summed E-state index contributed by atoms with van der Waals surface area (Å²) in [6, 6.07) is 5.24. The van der Waals surface area contributed by atoms with Crippen molar-refractivity contribution in [2.75, 3.05) is 5.32 Å². The van der Waals surface area contributed by atoms with Crippen LogP contribution in [0.5, 0.6) is 0 Å². The van der Waals surface area contributed by atoms with Gasteiger partial charge in [0.2, 0.25) is 0 Å². The molecule has 3 nitrogen and oxygen atoms in total. The number of pyridine rings is 1.